The van der Waals surface area contributed by atoms with E-state index in [-0.39, 0.29) is 5.75 Å². The van der Waals surface area contributed by atoms with E-state index in [0.29, 0.717) is 35.8 Å². The number of nitrogens with two attached hydrogens (primary N) is 1. The summed E-state index contributed by atoms with van der Waals surface area (Å²) in [6.45, 7) is 0.406. The number of hydrogen-bond donors (Lipinski definition) is 1. The lowest BCUT2D eigenvalue weighted by molar-refractivity contribution is 0.338. The van der Waals surface area contributed by atoms with Crippen LogP contribution in [0.15, 0.2) is 36.4 Å². The van der Waals surface area contributed by atoms with E-state index >= 15 is 0 Å². The van der Waals surface area contributed by atoms with Crippen LogP contribution < -0.4 is 19.9 Å². The van der Waals surface area contributed by atoms with Gasteiger partial charge < -0.3 is 19.9 Å². The van der Waals surface area contributed by atoms with Crippen molar-refractivity contribution < 1.29 is 18.6 Å². The maximum atomic E-state index is 14.1. The Labute approximate surface area is 123 Å². The molecule has 0 fully saturated rings. The Morgan fingerprint density at radius 2 is 1.57 bits per heavy atom. The molecule has 0 saturated carbocycles. The van der Waals surface area contributed by atoms with E-state index in [1.165, 1.54) is 20.3 Å². The fraction of sp³-hybridized carbons (Fsp3) is 0.250. The Hall–Kier alpha value is -2.27. The van der Waals surface area contributed by atoms with Crippen molar-refractivity contribution in [1.82, 2.24) is 0 Å². The second-order valence-electron chi connectivity index (χ2n) is 4.36. The molecule has 2 aromatic rings. The highest BCUT2D eigenvalue weighted by atomic mass is 19.1. The van der Waals surface area contributed by atoms with Gasteiger partial charge in [0, 0.05) is 0 Å². The van der Waals surface area contributed by atoms with Gasteiger partial charge in [0.25, 0.3) is 0 Å². The normalized spacial score (nSPS) is 10.3. The monoisotopic (exact) mass is 291 g/mol. The Bertz CT molecular complexity index is 594. The van der Waals surface area contributed by atoms with E-state index in [2.05, 4.69) is 0 Å². The molecular weight excluding hydrogens is 273 g/mol. The number of rotatable bonds is 6. The molecule has 0 spiro atoms. The maximum Gasteiger partial charge on any atom is 0.211 e. The Morgan fingerprint density at radius 3 is 2.14 bits per heavy atom. The van der Waals surface area contributed by atoms with Crippen molar-refractivity contribution in [1.29, 1.82) is 0 Å². The molecule has 0 aliphatic carbocycles. The van der Waals surface area contributed by atoms with Gasteiger partial charge in [0.05, 0.1) is 14.2 Å². The third-order valence-electron chi connectivity index (χ3n) is 3.05. The van der Waals surface area contributed by atoms with Gasteiger partial charge in [-0.2, -0.15) is 0 Å². The zero-order valence-electron chi connectivity index (χ0n) is 12.1. The lowest BCUT2D eigenvalue weighted by atomic mass is 10.1. The minimum absolute atomic E-state index is 0.144. The highest BCUT2D eigenvalue weighted by Crippen LogP contribution is 2.41. The van der Waals surface area contributed by atoms with Crippen LogP contribution in [-0.4, -0.2) is 20.8 Å². The second kappa shape index (κ2) is 6.95. The highest BCUT2D eigenvalue weighted by molar-refractivity contribution is 5.54. The Balaban J connectivity index is 2.47. The van der Waals surface area contributed by atoms with Crippen LogP contribution >= 0.6 is 0 Å². The van der Waals surface area contributed by atoms with Gasteiger partial charge in [0.15, 0.2) is 23.1 Å². The van der Waals surface area contributed by atoms with Crippen LogP contribution in [-0.2, 0) is 6.42 Å². The topological polar surface area (TPSA) is 53.7 Å². The van der Waals surface area contributed by atoms with Crippen molar-refractivity contribution in [3.63, 3.8) is 0 Å². The largest absolute Gasteiger partial charge is 0.493 e. The maximum absolute atomic E-state index is 14.1. The molecule has 0 unspecified atom stereocenters. The summed E-state index contributed by atoms with van der Waals surface area (Å²) in [6, 6.07) is 9.98. The lowest BCUT2D eigenvalue weighted by Crippen LogP contribution is -2.05. The highest BCUT2D eigenvalue weighted by Gasteiger charge is 2.17. The molecule has 4 nitrogen and oxygen atoms in total. The van der Waals surface area contributed by atoms with Crippen LogP contribution in [0.3, 0.4) is 0 Å². The molecule has 5 heteroatoms. The predicted octanol–water partition coefficient (Wildman–Crippen LogP) is 3.14. The number of para-hydroxylation sites is 2. The van der Waals surface area contributed by atoms with Crippen LogP contribution in [0, 0.1) is 5.82 Å². The van der Waals surface area contributed by atoms with Gasteiger partial charge in [0.1, 0.15) is 0 Å². The molecule has 2 rings (SSSR count). The van der Waals surface area contributed by atoms with E-state index < -0.39 is 5.82 Å². The number of ether oxygens (including phenoxy) is 3. The molecule has 0 atom stereocenters. The average molecular weight is 291 g/mol. The zero-order valence-corrected chi connectivity index (χ0v) is 12.1. The third-order valence-corrected chi connectivity index (χ3v) is 3.05. The molecule has 2 aromatic carbocycles. The number of hydrogen-bond acceptors (Lipinski definition) is 4. The molecule has 0 aromatic heterocycles. The lowest BCUT2D eigenvalue weighted by Gasteiger charge is -2.16. The SMILES string of the molecule is COc1cccc(OC)c1Oc1c(F)cccc1CCN. The summed E-state index contributed by atoms with van der Waals surface area (Å²) in [5.74, 6) is 0.970. The molecule has 21 heavy (non-hydrogen) atoms. The zero-order chi connectivity index (χ0) is 15.2. The number of benzene rings is 2. The number of halogens is 1. The van der Waals surface area contributed by atoms with Crippen LogP contribution in [0.2, 0.25) is 0 Å². The summed E-state index contributed by atoms with van der Waals surface area (Å²) in [7, 11) is 3.04. The van der Waals surface area contributed by atoms with Crippen LogP contribution in [0.4, 0.5) is 4.39 Å². The number of methoxy groups -OCH3 is 2. The van der Waals surface area contributed by atoms with Gasteiger partial charge in [-0.25, -0.2) is 4.39 Å². The van der Waals surface area contributed by atoms with Crippen molar-refractivity contribution in [3.05, 3.63) is 47.8 Å². The van der Waals surface area contributed by atoms with Gasteiger partial charge in [-0.05, 0) is 36.7 Å². The van der Waals surface area contributed by atoms with Crippen molar-refractivity contribution in [2.24, 2.45) is 5.73 Å². The van der Waals surface area contributed by atoms with Crippen LogP contribution in [0.1, 0.15) is 5.56 Å². The van der Waals surface area contributed by atoms with E-state index in [1.807, 2.05) is 0 Å². The minimum atomic E-state index is -0.450. The quantitative estimate of drug-likeness (QED) is 0.888. The summed E-state index contributed by atoms with van der Waals surface area (Å²) in [5.41, 5.74) is 6.26. The standard InChI is InChI=1S/C16H18FNO3/c1-19-13-7-4-8-14(20-2)16(13)21-15-11(9-10-18)5-3-6-12(15)17/h3-8H,9-10,18H2,1-2H3. The van der Waals surface area contributed by atoms with Gasteiger partial charge in [-0.1, -0.05) is 18.2 Å². The summed E-state index contributed by atoms with van der Waals surface area (Å²) >= 11 is 0. The predicted molar refractivity (Wildman–Crippen MR) is 78.8 cm³/mol. The van der Waals surface area contributed by atoms with Gasteiger partial charge in [0.2, 0.25) is 5.75 Å². The summed E-state index contributed by atoms with van der Waals surface area (Å²) in [6.07, 6.45) is 0.518. The smallest absolute Gasteiger partial charge is 0.211 e. The third kappa shape index (κ3) is 3.25. The molecule has 2 N–H and O–H groups in total. The van der Waals surface area contributed by atoms with Crippen molar-refractivity contribution >= 4 is 0 Å². The first-order valence-corrected chi connectivity index (χ1v) is 6.57. The Morgan fingerprint density at radius 1 is 0.952 bits per heavy atom. The molecular formula is C16H18FNO3. The fourth-order valence-corrected chi connectivity index (χ4v) is 2.04. The van der Waals surface area contributed by atoms with Gasteiger partial charge in [-0.3, -0.25) is 0 Å². The molecule has 0 radical (unpaired) electrons. The van der Waals surface area contributed by atoms with Crippen LogP contribution in [0.25, 0.3) is 0 Å². The molecule has 0 bridgehead atoms. The van der Waals surface area contributed by atoms with E-state index in [0.717, 1.165) is 0 Å². The van der Waals surface area contributed by atoms with Crippen molar-refractivity contribution in [2.75, 3.05) is 20.8 Å². The summed E-state index contributed by atoms with van der Waals surface area (Å²) in [4.78, 5) is 0. The molecule has 0 aliphatic rings. The molecule has 112 valence electrons. The first-order chi connectivity index (χ1) is 10.2. The molecule has 0 amide bonds. The van der Waals surface area contributed by atoms with E-state index in [9.17, 15) is 4.39 Å². The van der Waals surface area contributed by atoms with E-state index in [4.69, 9.17) is 19.9 Å². The van der Waals surface area contributed by atoms with Crippen molar-refractivity contribution in [2.45, 2.75) is 6.42 Å². The molecule has 0 heterocycles. The summed E-state index contributed by atoms with van der Waals surface area (Å²) < 4.78 is 30.3. The minimum Gasteiger partial charge on any atom is -0.493 e. The van der Waals surface area contributed by atoms with E-state index in [1.54, 1.807) is 30.3 Å². The first kappa shape index (κ1) is 15.1. The van der Waals surface area contributed by atoms with Crippen LogP contribution in [0.5, 0.6) is 23.0 Å². The molecule has 0 saturated heterocycles. The van der Waals surface area contributed by atoms with Crippen molar-refractivity contribution in [3.8, 4) is 23.0 Å². The summed E-state index contributed by atoms with van der Waals surface area (Å²) in [5, 5.41) is 0. The average Bonchev–Trinajstić information content (AvgIpc) is 2.50. The molecule has 0 aliphatic heterocycles. The second-order valence-corrected chi connectivity index (χ2v) is 4.36. The van der Waals surface area contributed by atoms with Gasteiger partial charge >= 0.3 is 0 Å². The fourth-order valence-electron chi connectivity index (χ4n) is 2.04. The first-order valence-electron chi connectivity index (χ1n) is 6.57. The Kier molecular flexibility index (Phi) is 5.00. The van der Waals surface area contributed by atoms with Gasteiger partial charge in [-0.15, -0.1) is 0 Å².